The first kappa shape index (κ1) is 26.3. The minimum Gasteiger partial charge on any atom is -0.476 e. The molecule has 0 fully saturated rings. The Morgan fingerprint density at radius 2 is 1.82 bits per heavy atom. The molecule has 2 aromatic rings. The molecule has 12 heteroatoms. The fourth-order valence-electron chi connectivity index (χ4n) is 5.51. The Balaban J connectivity index is 1.25. The predicted octanol–water partition coefficient (Wildman–Crippen LogP) is 3.25. The van der Waals surface area contributed by atoms with Crippen molar-refractivity contribution < 1.29 is 27.5 Å². The van der Waals surface area contributed by atoms with Crippen LogP contribution in [0.4, 0.5) is 15.3 Å². The molecule has 3 amide bonds. The van der Waals surface area contributed by atoms with Crippen LogP contribution in [0.5, 0.6) is 5.88 Å². The lowest BCUT2D eigenvalue weighted by atomic mass is 9.99. The molecule has 38 heavy (non-hydrogen) atoms. The summed E-state index contributed by atoms with van der Waals surface area (Å²) in [5, 5.41) is 7.03. The number of aryl methyl sites for hydroxylation is 2. The van der Waals surface area contributed by atoms with Gasteiger partial charge in [0.2, 0.25) is 5.88 Å². The minimum atomic E-state index is -4.24. The van der Waals surface area contributed by atoms with E-state index in [-0.39, 0.29) is 23.3 Å². The fraction of sp³-hybridized carbons (Fsp3) is 0.577. The molecule has 2 aliphatic carbocycles. The molecular formula is C26H35N5O6S. The van der Waals surface area contributed by atoms with Gasteiger partial charge < -0.3 is 19.7 Å². The Hall–Kier alpha value is -3.28. The predicted molar refractivity (Wildman–Crippen MR) is 140 cm³/mol. The summed E-state index contributed by atoms with van der Waals surface area (Å²) >= 11 is 0. The number of carbonyl (C=O) groups is 2. The maximum atomic E-state index is 13.1. The van der Waals surface area contributed by atoms with Gasteiger partial charge in [0.05, 0.1) is 19.3 Å². The van der Waals surface area contributed by atoms with Crippen molar-refractivity contribution in [1.82, 2.24) is 19.4 Å². The quantitative estimate of drug-likeness (QED) is 0.590. The second-order valence-corrected chi connectivity index (χ2v) is 13.0. The molecule has 2 N–H and O–H groups in total. The zero-order valence-corrected chi connectivity index (χ0v) is 23.1. The van der Waals surface area contributed by atoms with E-state index in [2.05, 4.69) is 21.2 Å². The third-order valence-corrected chi connectivity index (χ3v) is 8.43. The molecule has 0 bridgehead atoms. The number of ether oxygens (including phenoxy) is 2. The van der Waals surface area contributed by atoms with Crippen LogP contribution in [0.25, 0.3) is 0 Å². The van der Waals surface area contributed by atoms with Crippen molar-refractivity contribution in [2.75, 3.05) is 25.5 Å². The summed E-state index contributed by atoms with van der Waals surface area (Å²) < 4.78 is 41.0. The number of sulfonamides is 1. The van der Waals surface area contributed by atoms with Crippen LogP contribution < -0.4 is 14.8 Å². The van der Waals surface area contributed by atoms with E-state index in [1.54, 1.807) is 27.8 Å². The van der Waals surface area contributed by atoms with Crippen LogP contribution in [0.15, 0.2) is 17.2 Å². The highest BCUT2D eigenvalue weighted by molar-refractivity contribution is 7.90. The van der Waals surface area contributed by atoms with Crippen molar-refractivity contribution in [3.63, 3.8) is 0 Å². The first-order valence-corrected chi connectivity index (χ1v) is 14.5. The molecule has 0 spiro atoms. The van der Waals surface area contributed by atoms with Crippen LogP contribution in [-0.4, -0.2) is 61.0 Å². The number of nitrogens with one attached hydrogen (secondary N) is 2. The van der Waals surface area contributed by atoms with Gasteiger partial charge in [-0.3, -0.25) is 0 Å². The molecule has 3 aliphatic rings. The van der Waals surface area contributed by atoms with Gasteiger partial charge in [-0.25, -0.2) is 27.4 Å². The molecule has 2 heterocycles. The Labute approximate surface area is 222 Å². The Morgan fingerprint density at radius 3 is 2.45 bits per heavy atom. The number of anilines is 1. The van der Waals surface area contributed by atoms with Gasteiger partial charge in [0.1, 0.15) is 5.60 Å². The molecule has 1 atom stereocenters. The smallest absolute Gasteiger partial charge is 0.410 e. The van der Waals surface area contributed by atoms with Gasteiger partial charge in [0, 0.05) is 25.2 Å². The number of amides is 3. The molecule has 1 aliphatic heterocycles. The number of urea groups is 1. The molecule has 0 saturated carbocycles. The van der Waals surface area contributed by atoms with Gasteiger partial charge in [-0.2, -0.15) is 5.10 Å². The van der Waals surface area contributed by atoms with Gasteiger partial charge in [-0.15, -0.1) is 0 Å². The van der Waals surface area contributed by atoms with Gasteiger partial charge in [0.25, 0.3) is 10.0 Å². The number of carbonyl (C=O) groups excluding carboxylic acids is 2. The van der Waals surface area contributed by atoms with Crippen molar-refractivity contribution >= 4 is 27.8 Å². The van der Waals surface area contributed by atoms with E-state index in [9.17, 15) is 18.0 Å². The van der Waals surface area contributed by atoms with Gasteiger partial charge in [-0.05, 0) is 81.5 Å². The summed E-state index contributed by atoms with van der Waals surface area (Å²) in [6.07, 6.45) is 6.50. The van der Waals surface area contributed by atoms with Crippen molar-refractivity contribution in [2.24, 2.45) is 5.92 Å². The van der Waals surface area contributed by atoms with Crippen LogP contribution in [-0.2, 0) is 47.0 Å². The summed E-state index contributed by atoms with van der Waals surface area (Å²) in [7, 11) is -2.59. The highest BCUT2D eigenvalue weighted by Crippen LogP contribution is 2.38. The molecule has 1 aromatic heterocycles. The maximum Gasteiger partial charge on any atom is 0.410 e. The Kier molecular flexibility index (Phi) is 6.79. The summed E-state index contributed by atoms with van der Waals surface area (Å²) in [6.45, 7) is 6.29. The summed E-state index contributed by atoms with van der Waals surface area (Å²) in [6, 6.07) is 1.45. The third-order valence-electron chi connectivity index (χ3n) is 7.11. The third kappa shape index (κ3) is 5.31. The largest absolute Gasteiger partial charge is 0.476 e. The molecular weight excluding hydrogens is 510 g/mol. The molecule has 1 unspecified atom stereocenters. The van der Waals surface area contributed by atoms with Crippen LogP contribution in [0.2, 0.25) is 0 Å². The highest BCUT2D eigenvalue weighted by atomic mass is 32.2. The molecule has 1 aromatic carbocycles. The van der Waals surface area contributed by atoms with E-state index >= 15 is 0 Å². The van der Waals surface area contributed by atoms with Crippen molar-refractivity contribution in [1.29, 1.82) is 0 Å². The fourth-order valence-corrected chi connectivity index (χ4v) is 6.49. The van der Waals surface area contributed by atoms with Crippen LogP contribution >= 0.6 is 0 Å². The zero-order chi connectivity index (χ0) is 27.2. The lowest BCUT2D eigenvalue weighted by molar-refractivity contribution is 0.0232. The number of rotatable bonds is 5. The normalized spacial score (nSPS) is 18.2. The van der Waals surface area contributed by atoms with Crippen molar-refractivity contribution in [2.45, 2.75) is 76.3 Å². The summed E-state index contributed by atoms with van der Waals surface area (Å²) in [5.41, 5.74) is 4.89. The molecule has 206 valence electrons. The average Bonchev–Trinajstić information content (AvgIpc) is 3.56. The number of fused-ring (bicyclic) bond motifs is 3. The van der Waals surface area contributed by atoms with E-state index < -0.39 is 27.7 Å². The second-order valence-electron chi connectivity index (χ2n) is 11.3. The Morgan fingerprint density at radius 1 is 1.16 bits per heavy atom. The van der Waals surface area contributed by atoms with Gasteiger partial charge >= 0.3 is 12.1 Å². The maximum absolute atomic E-state index is 13.1. The highest BCUT2D eigenvalue weighted by Gasteiger charge is 2.33. The monoisotopic (exact) mass is 545 g/mol. The van der Waals surface area contributed by atoms with E-state index in [4.69, 9.17) is 9.47 Å². The average molecular weight is 546 g/mol. The number of hydrogen-bond donors (Lipinski definition) is 2. The van der Waals surface area contributed by atoms with E-state index in [0.29, 0.717) is 13.1 Å². The van der Waals surface area contributed by atoms with Crippen LogP contribution in [0.3, 0.4) is 0 Å². The van der Waals surface area contributed by atoms with E-state index in [1.165, 1.54) is 26.9 Å². The van der Waals surface area contributed by atoms with E-state index in [0.717, 1.165) is 55.3 Å². The summed E-state index contributed by atoms with van der Waals surface area (Å²) in [4.78, 5) is 26.5. The number of hydrogen-bond acceptors (Lipinski definition) is 7. The van der Waals surface area contributed by atoms with Crippen LogP contribution in [0.1, 0.15) is 55.9 Å². The van der Waals surface area contributed by atoms with Crippen molar-refractivity contribution in [3.05, 3.63) is 34.5 Å². The lowest BCUT2D eigenvalue weighted by Crippen LogP contribution is -2.41. The van der Waals surface area contributed by atoms with Crippen molar-refractivity contribution in [3.8, 4) is 5.88 Å². The molecule has 5 rings (SSSR count). The zero-order valence-electron chi connectivity index (χ0n) is 22.3. The second kappa shape index (κ2) is 9.79. The minimum absolute atomic E-state index is 0.0722. The van der Waals surface area contributed by atoms with Gasteiger partial charge in [0.15, 0.2) is 4.90 Å². The number of benzene rings is 1. The summed E-state index contributed by atoms with van der Waals surface area (Å²) in [5.74, 6) is -0.0445. The van der Waals surface area contributed by atoms with E-state index in [1.807, 2.05) is 0 Å². The SMILES string of the molecule is CN(CC1COc2c(S(=O)(=O)NC(=O)Nc3c4c(cc5c3CCC5)CCC4)cnn2C1)C(=O)OC(C)(C)C. The molecule has 0 saturated heterocycles. The molecule has 11 nitrogen and oxygen atoms in total. The Bertz CT molecular complexity index is 1350. The van der Waals surface area contributed by atoms with Gasteiger partial charge in [-0.1, -0.05) is 6.07 Å². The standard InChI is InChI=1S/C26H35N5O6S/c1-26(2,3)37-25(33)30(4)13-16-14-31-23(36-15-16)21(12-27-31)38(34,35)29-24(32)28-22-19-9-5-7-17(19)11-18-8-6-10-20(18)22/h11-12,16H,5-10,13-15H2,1-4H3,(H2,28,29,32). The topological polar surface area (TPSA) is 132 Å². The first-order valence-electron chi connectivity index (χ1n) is 13.0. The number of nitrogens with zero attached hydrogens (tertiary/aromatic N) is 3. The lowest BCUT2D eigenvalue weighted by Gasteiger charge is -2.30. The first-order chi connectivity index (χ1) is 17.9. The van der Waals surface area contributed by atoms with Crippen LogP contribution in [0, 0.1) is 5.92 Å². The molecule has 0 radical (unpaired) electrons. The number of aromatic nitrogens is 2.